The Morgan fingerprint density at radius 2 is 1.69 bits per heavy atom. The highest BCUT2D eigenvalue weighted by Crippen LogP contribution is 2.39. The van der Waals surface area contributed by atoms with Crippen LogP contribution >= 0.6 is 0 Å². The molecule has 0 spiro atoms. The minimum atomic E-state index is -0.557. The number of hydrogen-bond donors (Lipinski definition) is 0. The lowest BCUT2D eigenvalue weighted by Gasteiger charge is -2.46. The van der Waals surface area contributed by atoms with Gasteiger partial charge in [-0.1, -0.05) is 43.2 Å². The van der Waals surface area contributed by atoms with Crippen molar-refractivity contribution in [2.24, 2.45) is 5.41 Å². The van der Waals surface area contributed by atoms with Gasteiger partial charge in [-0.2, -0.15) is 0 Å². The number of ether oxygens (including phenoxy) is 2. The van der Waals surface area contributed by atoms with Crippen LogP contribution in [-0.4, -0.2) is 28.6 Å². The molecule has 1 fully saturated rings. The van der Waals surface area contributed by atoms with Crippen molar-refractivity contribution in [3.05, 3.63) is 53.6 Å². The molecule has 26 heavy (non-hydrogen) atoms. The molecule has 0 unspecified atom stereocenters. The third kappa shape index (κ3) is 4.36. The molecule has 1 saturated heterocycles. The zero-order chi connectivity index (χ0) is 18.6. The second-order valence-electron chi connectivity index (χ2n) is 7.92. The van der Waals surface area contributed by atoms with E-state index in [0.717, 1.165) is 45.4 Å². The summed E-state index contributed by atoms with van der Waals surface area (Å²) in [6.07, 6.45) is 9.45. The Hall–Kier alpha value is -1.65. The molecule has 0 amide bonds. The molecule has 0 bridgehead atoms. The first kappa shape index (κ1) is 19.1. The van der Waals surface area contributed by atoms with Crippen molar-refractivity contribution in [1.82, 2.24) is 9.55 Å². The monoisotopic (exact) mass is 356 g/mol. The SMILES string of the molecule is CCC1(CC)COC(CCn2ccnc2)(Cc2cc(C)cc(C)c2)OC1. The maximum absolute atomic E-state index is 6.49. The van der Waals surface area contributed by atoms with Gasteiger partial charge in [-0.3, -0.25) is 0 Å². The van der Waals surface area contributed by atoms with E-state index >= 15 is 0 Å². The minimum absolute atomic E-state index is 0.154. The van der Waals surface area contributed by atoms with Gasteiger partial charge in [0, 0.05) is 37.2 Å². The van der Waals surface area contributed by atoms with Gasteiger partial charge in [-0.05, 0) is 32.3 Å². The van der Waals surface area contributed by atoms with Crippen LogP contribution in [0.2, 0.25) is 0 Å². The highest BCUT2D eigenvalue weighted by Gasteiger charge is 2.43. The van der Waals surface area contributed by atoms with E-state index < -0.39 is 5.79 Å². The van der Waals surface area contributed by atoms with E-state index in [1.54, 1.807) is 0 Å². The van der Waals surface area contributed by atoms with Crippen molar-refractivity contribution in [1.29, 1.82) is 0 Å². The van der Waals surface area contributed by atoms with Gasteiger partial charge in [0.2, 0.25) is 0 Å². The summed E-state index contributed by atoms with van der Waals surface area (Å²) in [5.74, 6) is -0.557. The van der Waals surface area contributed by atoms with Crippen molar-refractivity contribution in [3.8, 4) is 0 Å². The maximum Gasteiger partial charge on any atom is 0.174 e. The maximum atomic E-state index is 6.49. The standard InChI is InChI=1S/C22H32N2O2/c1-5-21(6-2)15-25-22(26-16-21,7-9-24-10-8-23-17-24)14-20-12-18(3)11-19(4)13-20/h8,10-13,17H,5-7,9,14-16H2,1-4H3. The summed E-state index contributed by atoms with van der Waals surface area (Å²) in [7, 11) is 0. The molecular formula is C22H32N2O2. The third-order valence-electron chi connectivity index (χ3n) is 5.85. The zero-order valence-corrected chi connectivity index (χ0v) is 16.6. The number of rotatable bonds is 7. The fourth-order valence-corrected chi connectivity index (χ4v) is 3.85. The topological polar surface area (TPSA) is 36.3 Å². The molecule has 142 valence electrons. The van der Waals surface area contributed by atoms with Gasteiger partial charge >= 0.3 is 0 Å². The van der Waals surface area contributed by atoms with Gasteiger partial charge in [-0.25, -0.2) is 4.98 Å². The number of aryl methyl sites for hydroxylation is 3. The first-order valence-corrected chi connectivity index (χ1v) is 9.79. The average Bonchev–Trinajstić information content (AvgIpc) is 3.14. The van der Waals surface area contributed by atoms with Crippen molar-refractivity contribution < 1.29 is 9.47 Å². The average molecular weight is 357 g/mol. The van der Waals surface area contributed by atoms with E-state index in [1.165, 1.54) is 16.7 Å². The summed E-state index contributed by atoms with van der Waals surface area (Å²) in [4.78, 5) is 4.15. The Bertz CT molecular complexity index is 675. The summed E-state index contributed by atoms with van der Waals surface area (Å²) in [5.41, 5.74) is 4.02. The molecule has 0 atom stereocenters. The van der Waals surface area contributed by atoms with Crippen LogP contribution < -0.4 is 0 Å². The van der Waals surface area contributed by atoms with Crippen LogP contribution in [-0.2, 0) is 22.4 Å². The molecule has 0 aliphatic carbocycles. The summed E-state index contributed by atoms with van der Waals surface area (Å²) < 4.78 is 15.1. The largest absolute Gasteiger partial charge is 0.349 e. The summed E-state index contributed by atoms with van der Waals surface area (Å²) in [6.45, 7) is 11.2. The predicted molar refractivity (Wildman–Crippen MR) is 104 cm³/mol. The van der Waals surface area contributed by atoms with Crippen molar-refractivity contribution in [2.75, 3.05) is 13.2 Å². The van der Waals surface area contributed by atoms with Crippen molar-refractivity contribution >= 4 is 0 Å². The normalized spacial score (nSPS) is 18.8. The third-order valence-corrected chi connectivity index (χ3v) is 5.85. The molecular weight excluding hydrogens is 324 g/mol. The Kier molecular flexibility index (Phi) is 5.83. The summed E-state index contributed by atoms with van der Waals surface area (Å²) >= 11 is 0. The molecule has 1 aromatic carbocycles. The van der Waals surface area contributed by atoms with E-state index in [2.05, 4.69) is 55.4 Å². The molecule has 2 heterocycles. The molecule has 1 aliphatic heterocycles. The second kappa shape index (κ2) is 7.93. The van der Waals surface area contributed by atoms with Gasteiger partial charge < -0.3 is 14.0 Å². The highest BCUT2D eigenvalue weighted by molar-refractivity contribution is 5.29. The van der Waals surface area contributed by atoms with Crippen LogP contribution in [0.5, 0.6) is 0 Å². The van der Waals surface area contributed by atoms with E-state index in [1.807, 2.05) is 18.7 Å². The molecule has 4 heteroatoms. The minimum Gasteiger partial charge on any atom is -0.349 e. The Morgan fingerprint density at radius 1 is 1.04 bits per heavy atom. The number of nitrogens with zero attached hydrogens (tertiary/aromatic N) is 2. The van der Waals surface area contributed by atoms with Crippen LogP contribution in [0.1, 0.15) is 49.8 Å². The lowest BCUT2D eigenvalue weighted by atomic mass is 9.82. The van der Waals surface area contributed by atoms with Gasteiger partial charge in [-0.15, -0.1) is 0 Å². The number of aromatic nitrogens is 2. The van der Waals surface area contributed by atoms with Crippen LogP contribution in [0.25, 0.3) is 0 Å². The predicted octanol–water partition coefficient (Wildman–Crippen LogP) is 4.68. The van der Waals surface area contributed by atoms with Crippen LogP contribution in [0.4, 0.5) is 0 Å². The molecule has 2 aromatic rings. The Labute approximate surface area is 157 Å². The van der Waals surface area contributed by atoms with Crippen molar-refractivity contribution in [2.45, 2.75) is 65.7 Å². The van der Waals surface area contributed by atoms with E-state index in [9.17, 15) is 0 Å². The molecule has 1 aromatic heterocycles. The van der Waals surface area contributed by atoms with Crippen LogP contribution in [0, 0.1) is 19.3 Å². The molecule has 3 rings (SSSR count). The molecule has 0 N–H and O–H groups in total. The molecule has 0 radical (unpaired) electrons. The van der Waals surface area contributed by atoms with Crippen molar-refractivity contribution in [3.63, 3.8) is 0 Å². The van der Waals surface area contributed by atoms with Crippen LogP contribution in [0.3, 0.4) is 0 Å². The van der Waals surface area contributed by atoms with Gasteiger partial charge in [0.25, 0.3) is 0 Å². The van der Waals surface area contributed by atoms with Crippen LogP contribution in [0.15, 0.2) is 36.9 Å². The van der Waals surface area contributed by atoms with E-state index in [0.29, 0.717) is 0 Å². The fraction of sp³-hybridized carbons (Fsp3) is 0.591. The Balaban J connectivity index is 1.79. The lowest BCUT2D eigenvalue weighted by Crippen LogP contribution is -2.51. The molecule has 4 nitrogen and oxygen atoms in total. The number of benzene rings is 1. The lowest BCUT2D eigenvalue weighted by molar-refractivity contribution is -0.308. The van der Waals surface area contributed by atoms with Gasteiger partial charge in [0.1, 0.15) is 0 Å². The van der Waals surface area contributed by atoms with E-state index in [-0.39, 0.29) is 5.41 Å². The first-order valence-electron chi connectivity index (χ1n) is 9.79. The van der Waals surface area contributed by atoms with Gasteiger partial charge in [0.05, 0.1) is 19.5 Å². The highest BCUT2D eigenvalue weighted by atomic mass is 16.7. The molecule has 1 aliphatic rings. The summed E-state index contributed by atoms with van der Waals surface area (Å²) in [6, 6.07) is 6.71. The fourth-order valence-electron chi connectivity index (χ4n) is 3.85. The second-order valence-corrected chi connectivity index (χ2v) is 7.92. The quantitative estimate of drug-likeness (QED) is 0.722. The Morgan fingerprint density at radius 3 is 2.23 bits per heavy atom. The molecule has 0 saturated carbocycles. The first-order chi connectivity index (χ1) is 12.5. The number of hydrogen-bond acceptors (Lipinski definition) is 3. The summed E-state index contributed by atoms with van der Waals surface area (Å²) in [5, 5.41) is 0. The van der Waals surface area contributed by atoms with Gasteiger partial charge in [0.15, 0.2) is 5.79 Å². The van der Waals surface area contributed by atoms with E-state index in [4.69, 9.17) is 9.47 Å². The number of imidazole rings is 1. The smallest absolute Gasteiger partial charge is 0.174 e. The zero-order valence-electron chi connectivity index (χ0n) is 16.6.